The molecule has 0 radical (unpaired) electrons. The Balaban J connectivity index is 3.05. The monoisotopic (exact) mass is 212 g/mol. The second-order valence-corrected chi connectivity index (χ2v) is 4.66. The van der Waals surface area contributed by atoms with Crippen LogP contribution < -0.4 is 5.32 Å². The van der Waals surface area contributed by atoms with Crippen molar-refractivity contribution in [3.05, 3.63) is 0 Å². The fourth-order valence-electron chi connectivity index (χ4n) is 1.94. The van der Waals surface area contributed by atoms with E-state index >= 15 is 0 Å². The number of amides is 2. The highest BCUT2D eigenvalue weighted by atomic mass is 16.2. The molecule has 1 aliphatic heterocycles. The van der Waals surface area contributed by atoms with Crippen LogP contribution in [-0.4, -0.2) is 34.3 Å². The number of carbonyl (C=O) groups is 2. The average Bonchev–Trinajstić information content (AvgIpc) is 2.15. The normalized spacial score (nSPS) is 32.1. The molecule has 0 aromatic rings. The number of nitrogens with one attached hydrogen (secondary N) is 1. The summed E-state index contributed by atoms with van der Waals surface area (Å²) in [5.74, 6) is -0.0419. The Morgan fingerprint density at radius 2 is 2.00 bits per heavy atom. The summed E-state index contributed by atoms with van der Waals surface area (Å²) in [6.07, 6.45) is 0.619. The zero-order chi connectivity index (χ0) is 11.8. The van der Waals surface area contributed by atoms with Crippen LogP contribution >= 0.6 is 0 Å². The third kappa shape index (κ3) is 1.85. The van der Waals surface area contributed by atoms with Gasteiger partial charge in [0.1, 0.15) is 11.6 Å². The standard InChI is InChI=1S/C11H20N2O2/c1-6-11(5)10(15)13(7(2)3)8(4)9(14)12-11/h7-8H,6H2,1-5H3,(H,12,14). The molecule has 2 amide bonds. The number of hydrogen-bond donors (Lipinski definition) is 1. The number of rotatable bonds is 2. The molecule has 1 aliphatic rings. The first kappa shape index (κ1) is 12.0. The highest BCUT2D eigenvalue weighted by Gasteiger charge is 2.45. The maximum atomic E-state index is 12.2. The summed E-state index contributed by atoms with van der Waals surface area (Å²) in [5.41, 5.74) is -0.728. The van der Waals surface area contributed by atoms with Gasteiger partial charge in [0.25, 0.3) is 0 Å². The van der Waals surface area contributed by atoms with Gasteiger partial charge < -0.3 is 10.2 Å². The van der Waals surface area contributed by atoms with Crippen LogP contribution in [0.5, 0.6) is 0 Å². The van der Waals surface area contributed by atoms with E-state index in [9.17, 15) is 9.59 Å². The van der Waals surface area contributed by atoms with Crippen molar-refractivity contribution in [2.45, 2.75) is 58.7 Å². The molecule has 86 valence electrons. The first-order valence-electron chi connectivity index (χ1n) is 5.48. The van der Waals surface area contributed by atoms with Crippen LogP contribution in [0, 0.1) is 0 Å². The summed E-state index contributed by atoms with van der Waals surface area (Å²) in [4.78, 5) is 25.6. The van der Waals surface area contributed by atoms with Gasteiger partial charge in [0.05, 0.1) is 0 Å². The lowest BCUT2D eigenvalue weighted by atomic mass is 9.91. The van der Waals surface area contributed by atoms with Gasteiger partial charge in [-0.2, -0.15) is 0 Å². The molecule has 0 saturated carbocycles. The first-order chi connectivity index (χ1) is 6.83. The summed E-state index contributed by atoms with van der Waals surface area (Å²) in [6, 6.07) is -0.304. The highest BCUT2D eigenvalue weighted by Crippen LogP contribution is 2.22. The molecule has 2 unspecified atom stereocenters. The van der Waals surface area contributed by atoms with Crippen LogP contribution in [0.2, 0.25) is 0 Å². The summed E-state index contributed by atoms with van der Waals surface area (Å²) in [7, 11) is 0. The smallest absolute Gasteiger partial charge is 0.248 e. The lowest BCUT2D eigenvalue weighted by molar-refractivity contribution is -0.155. The largest absolute Gasteiger partial charge is 0.340 e. The van der Waals surface area contributed by atoms with E-state index in [0.717, 1.165) is 0 Å². The van der Waals surface area contributed by atoms with E-state index in [1.165, 1.54) is 0 Å². The maximum absolute atomic E-state index is 12.2. The number of carbonyl (C=O) groups excluding carboxylic acids is 2. The van der Waals surface area contributed by atoms with Crippen molar-refractivity contribution in [3.63, 3.8) is 0 Å². The molecule has 15 heavy (non-hydrogen) atoms. The van der Waals surface area contributed by atoms with E-state index in [0.29, 0.717) is 6.42 Å². The molecule has 0 bridgehead atoms. The van der Waals surface area contributed by atoms with Crippen molar-refractivity contribution in [1.29, 1.82) is 0 Å². The molecule has 0 aliphatic carbocycles. The molecule has 1 N–H and O–H groups in total. The van der Waals surface area contributed by atoms with E-state index in [1.807, 2.05) is 20.8 Å². The van der Waals surface area contributed by atoms with Gasteiger partial charge in [0, 0.05) is 6.04 Å². The van der Waals surface area contributed by atoms with E-state index in [1.54, 1.807) is 18.7 Å². The zero-order valence-corrected chi connectivity index (χ0v) is 10.1. The minimum atomic E-state index is -0.728. The van der Waals surface area contributed by atoms with E-state index < -0.39 is 5.54 Å². The van der Waals surface area contributed by atoms with Crippen molar-refractivity contribution >= 4 is 11.8 Å². The van der Waals surface area contributed by atoms with Crippen LogP contribution in [0.25, 0.3) is 0 Å². The van der Waals surface area contributed by atoms with Gasteiger partial charge in [0.15, 0.2) is 0 Å². The Bertz CT molecular complexity index is 288. The van der Waals surface area contributed by atoms with Crippen molar-refractivity contribution in [2.24, 2.45) is 0 Å². The van der Waals surface area contributed by atoms with Crippen molar-refractivity contribution in [2.75, 3.05) is 0 Å². The molecule has 1 fully saturated rings. The fourth-order valence-corrected chi connectivity index (χ4v) is 1.94. The molecular formula is C11H20N2O2. The van der Waals surface area contributed by atoms with Gasteiger partial charge in [-0.1, -0.05) is 6.92 Å². The Hall–Kier alpha value is -1.06. The molecule has 1 heterocycles. The predicted octanol–water partition coefficient (Wildman–Crippen LogP) is 0.910. The fraction of sp³-hybridized carbons (Fsp3) is 0.818. The van der Waals surface area contributed by atoms with Gasteiger partial charge in [-0.05, 0) is 34.1 Å². The van der Waals surface area contributed by atoms with Gasteiger partial charge >= 0.3 is 0 Å². The van der Waals surface area contributed by atoms with Gasteiger partial charge in [-0.15, -0.1) is 0 Å². The molecule has 1 rings (SSSR count). The average molecular weight is 212 g/mol. The SMILES string of the molecule is CCC1(C)NC(=O)C(C)N(C(C)C)C1=O. The van der Waals surface area contributed by atoms with Crippen LogP contribution in [0.15, 0.2) is 0 Å². The predicted molar refractivity (Wildman–Crippen MR) is 58.3 cm³/mol. The lowest BCUT2D eigenvalue weighted by Gasteiger charge is -2.44. The summed E-state index contributed by atoms with van der Waals surface area (Å²) in [5, 5.41) is 2.80. The third-order valence-corrected chi connectivity index (χ3v) is 3.17. The Morgan fingerprint density at radius 1 is 1.47 bits per heavy atom. The van der Waals surface area contributed by atoms with Crippen molar-refractivity contribution in [1.82, 2.24) is 10.2 Å². The van der Waals surface area contributed by atoms with Gasteiger partial charge in [0.2, 0.25) is 11.8 Å². The zero-order valence-electron chi connectivity index (χ0n) is 10.1. The molecule has 0 aromatic carbocycles. The topological polar surface area (TPSA) is 49.4 Å². The number of piperazine rings is 1. The Kier molecular flexibility index (Phi) is 3.07. The molecule has 0 aromatic heterocycles. The van der Waals surface area contributed by atoms with Crippen molar-refractivity contribution in [3.8, 4) is 0 Å². The third-order valence-electron chi connectivity index (χ3n) is 3.17. The second-order valence-electron chi connectivity index (χ2n) is 4.66. The molecular weight excluding hydrogens is 192 g/mol. The highest BCUT2D eigenvalue weighted by molar-refractivity contribution is 5.99. The summed E-state index contributed by atoms with van der Waals surface area (Å²) in [6.45, 7) is 9.33. The lowest BCUT2D eigenvalue weighted by Crippen LogP contribution is -2.69. The second kappa shape index (κ2) is 3.83. The molecule has 2 atom stereocenters. The van der Waals surface area contributed by atoms with Crippen LogP contribution in [0.1, 0.15) is 41.0 Å². The minimum absolute atomic E-state index is 0.0205. The summed E-state index contributed by atoms with van der Waals surface area (Å²) >= 11 is 0. The van der Waals surface area contributed by atoms with Crippen LogP contribution in [0.3, 0.4) is 0 Å². The minimum Gasteiger partial charge on any atom is -0.340 e. The molecule has 1 saturated heterocycles. The number of nitrogens with zero attached hydrogens (tertiary/aromatic N) is 1. The van der Waals surface area contributed by atoms with Crippen molar-refractivity contribution < 1.29 is 9.59 Å². The maximum Gasteiger partial charge on any atom is 0.248 e. The van der Waals surface area contributed by atoms with Gasteiger partial charge in [-0.3, -0.25) is 9.59 Å². The molecule has 4 nitrogen and oxygen atoms in total. The Labute approximate surface area is 91.0 Å². The quantitative estimate of drug-likeness (QED) is 0.739. The van der Waals surface area contributed by atoms with E-state index in [4.69, 9.17) is 0 Å². The molecule has 0 spiro atoms. The van der Waals surface area contributed by atoms with E-state index in [-0.39, 0.29) is 23.9 Å². The van der Waals surface area contributed by atoms with Gasteiger partial charge in [-0.25, -0.2) is 0 Å². The van der Waals surface area contributed by atoms with E-state index in [2.05, 4.69) is 5.32 Å². The Morgan fingerprint density at radius 3 is 2.40 bits per heavy atom. The first-order valence-corrected chi connectivity index (χ1v) is 5.48. The van der Waals surface area contributed by atoms with Crippen LogP contribution in [-0.2, 0) is 9.59 Å². The van der Waals surface area contributed by atoms with Crippen LogP contribution in [0.4, 0.5) is 0 Å². The molecule has 4 heteroatoms. The summed E-state index contributed by atoms with van der Waals surface area (Å²) < 4.78 is 0. The number of hydrogen-bond acceptors (Lipinski definition) is 2.